The van der Waals surface area contributed by atoms with Crippen molar-refractivity contribution >= 4 is 10.0 Å². The highest BCUT2D eigenvalue weighted by atomic mass is 32.2. The summed E-state index contributed by atoms with van der Waals surface area (Å²) in [6.07, 6.45) is 2.68. The van der Waals surface area contributed by atoms with Gasteiger partial charge in [0.1, 0.15) is 5.82 Å². The third-order valence-corrected chi connectivity index (χ3v) is 3.96. The molecule has 6 heteroatoms. The largest absolute Gasteiger partial charge is 0.381 e. The Morgan fingerprint density at radius 3 is 2.68 bits per heavy atom. The van der Waals surface area contributed by atoms with Gasteiger partial charge in [0.05, 0.1) is 4.90 Å². The van der Waals surface area contributed by atoms with Gasteiger partial charge >= 0.3 is 0 Å². The van der Waals surface area contributed by atoms with E-state index in [1.807, 2.05) is 0 Å². The van der Waals surface area contributed by atoms with E-state index in [0.717, 1.165) is 18.9 Å². The fourth-order valence-corrected chi connectivity index (χ4v) is 2.55. The highest BCUT2D eigenvalue weighted by molar-refractivity contribution is 7.89. The minimum atomic E-state index is -3.63. The van der Waals surface area contributed by atoms with Crippen LogP contribution >= 0.6 is 0 Å². The van der Waals surface area contributed by atoms with Crippen molar-refractivity contribution in [3.05, 3.63) is 30.1 Å². The molecule has 0 heterocycles. The van der Waals surface area contributed by atoms with Crippen molar-refractivity contribution in [3.8, 4) is 0 Å². The summed E-state index contributed by atoms with van der Waals surface area (Å²) in [4.78, 5) is -0.0561. The van der Waals surface area contributed by atoms with Crippen molar-refractivity contribution in [1.29, 1.82) is 0 Å². The van der Waals surface area contributed by atoms with Gasteiger partial charge in [-0.15, -0.1) is 0 Å². The number of sulfonamides is 1. The van der Waals surface area contributed by atoms with E-state index in [-0.39, 0.29) is 11.4 Å². The average Bonchev–Trinajstić information content (AvgIpc) is 2.38. The van der Waals surface area contributed by atoms with Crippen LogP contribution in [0, 0.1) is 5.82 Å². The van der Waals surface area contributed by atoms with E-state index >= 15 is 0 Å². The molecule has 0 radical (unpaired) electrons. The van der Waals surface area contributed by atoms with Gasteiger partial charge in [-0.05, 0) is 31.0 Å². The van der Waals surface area contributed by atoms with Gasteiger partial charge in [-0.1, -0.05) is 19.4 Å². The first-order valence-electron chi connectivity index (χ1n) is 6.39. The van der Waals surface area contributed by atoms with Crippen LogP contribution in [0.15, 0.2) is 29.2 Å². The lowest BCUT2D eigenvalue weighted by Gasteiger charge is -2.07. The van der Waals surface area contributed by atoms with Crippen LogP contribution in [0.5, 0.6) is 0 Å². The lowest BCUT2D eigenvalue weighted by atomic mass is 10.4. The standard InChI is InChI=1S/C13H20FNO3S/c1-2-3-9-18-10-5-8-15-19(16,17)13-7-4-6-12(14)11-13/h4,6-7,11,15H,2-3,5,8-10H2,1H3. The molecule has 0 saturated heterocycles. The highest BCUT2D eigenvalue weighted by Gasteiger charge is 2.13. The topological polar surface area (TPSA) is 55.4 Å². The smallest absolute Gasteiger partial charge is 0.240 e. The van der Waals surface area contributed by atoms with Crippen molar-refractivity contribution in [2.75, 3.05) is 19.8 Å². The Morgan fingerprint density at radius 2 is 2.00 bits per heavy atom. The number of halogens is 1. The van der Waals surface area contributed by atoms with Gasteiger partial charge in [0.25, 0.3) is 0 Å². The van der Waals surface area contributed by atoms with Crippen molar-refractivity contribution in [1.82, 2.24) is 4.72 Å². The molecule has 0 aliphatic heterocycles. The molecule has 1 aromatic rings. The Kier molecular flexibility index (Phi) is 6.97. The SMILES string of the molecule is CCCCOCCCNS(=O)(=O)c1cccc(F)c1. The fraction of sp³-hybridized carbons (Fsp3) is 0.538. The van der Waals surface area contributed by atoms with Crippen LogP contribution in [0.4, 0.5) is 4.39 Å². The Bertz CT molecular complexity index is 477. The van der Waals surface area contributed by atoms with Crippen LogP contribution in [-0.2, 0) is 14.8 Å². The number of hydrogen-bond donors (Lipinski definition) is 1. The van der Waals surface area contributed by atoms with E-state index in [1.54, 1.807) is 0 Å². The number of rotatable bonds is 9. The van der Waals surface area contributed by atoms with Gasteiger partial charge in [0.2, 0.25) is 10.0 Å². The fourth-order valence-electron chi connectivity index (χ4n) is 1.45. The van der Waals surface area contributed by atoms with Crippen LogP contribution in [0.2, 0.25) is 0 Å². The third-order valence-electron chi connectivity index (χ3n) is 2.51. The second-order valence-corrected chi connectivity index (χ2v) is 5.94. The first-order valence-corrected chi connectivity index (χ1v) is 7.87. The van der Waals surface area contributed by atoms with Crippen molar-refractivity contribution in [2.24, 2.45) is 0 Å². The van der Waals surface area contributed by atoms with Crippen molar-refractivity contribution in [2.45, 2.75) is 31.1 Å². The zero-order chi connectivity index (χ0) is 14.1. The molecule has 0 atom stereocenters. The maximum atomic E-state index is 12.9. The average molecular weight is 289 g/mol. The van der Waals surface area contributed by atoms with Crippen LogP contribution in [-0.4, -0.2) is 28.2 Å². The molecular formula is C13H20FNO3S. The van der Waals surface area contributed by atoms with E-state index in [1.165, 1.54) is 18.2 Å². The first kappa shape index (κ1) is 16.1. The molecule has 0 fully saturated rings. The summed E-state index contributed by atoms with van der Waals surface area (Å²) in [7, 11) is -3.63. The molecule has 19 heavy (non-hydrogen) atoms. The molecule has 0 saturated carbocycles. The van der Waals surface area contributed by atoms with E-state index in [9.17, 15) is 12.8 Å². The van der Waals surface area contributed by atoms with Gasteiger partial charge in [-0.2, -0.15) is 0 Å². The summed E-state index contributed by atoms with van der Waals surface area (Å²) in [5.74, 6) is -0.564. The van der Waals surface area contributed by atoms with Gasteiger partial charge in [0.15, 0.2) is 0 Å². The predicted molar refractivity (Wildman–Crippen MR) is 71.9 cm³/mol. The summed E-state index contributed by atoms with van der Waals surface area (Å²) < 4.78 is 44.3. The maximum Gasteiger partial charge on any atom is 0.240 e. The maximum absolute atomic E-state index is 12.9. The molecule has 1 aromatic carbocycles. The Morgan fingerprint density at radius 1 is 1.26 bits per heavy atom. The minimum Gasteiger partial charge on any atom is -0.381 e. The van der Waals surface area contributed by atoms with Crippen molar-refractivity contribution < 1.29 is 17.5 Å². The number of ether oxygens (including phenoxy) is 1. The zero-order valence-corrected chi connectivity index (χ0v) is 11.9. The molecule has 0 spiro atoms. The van der Waals surface area contributed by atoms with Crippen LogP contribution in [0.25, 0.3) is 0 Å². The van der Waals surface area contributed by atoms with E-state index in [4.69, 9.17) is 4.74 Å². The minimum absolute atomic E-state index is 0.0561. The summed E-state index contributed by atoms with van der Waals surface area (Å²) in [5.41, 5.74) is 0. The molecule has 0 aliphatic carbocycles. The van der Waals surface area contributed by atoms with Gasteiger partial charge < -0.3 is 4.74 Å². The lowest BCUT2D eigenvalue weighted by molar-refractivity contribution is 0.130. The van der Waals surface area contributed by atoms with Crippen LogP contribution < -0.4 is 4.72 Å². The quantitative estimate of drug-likeness (QED) is 0.710. The molecule has 1 rings (SSSR count). The Hall–Kier alpha value is -0.980. The number of hydrogen-bond acceptors (Lipinski definition) is 3. The van der Waals surface area contributed by atoms with Gasteiger partial charge in [0, 0.05) is 19.8 Å². The molecule has 0 amide bonds. The second kappa shape index (κ2) is 8.24. The number of benzene rings is 1. The number of unbranched alkanes of at least 4 members (excludes halogenated alkanes) is 1. The molecular weight excluding hydrogens is 269 g/mol. The molecule has 0 bridgehead atoms. The first-order chi connectivity index (χ1) is 9.06. The van der Waals surface area contributed by atoms with E-state index in [2.05, 4.69) is 11.6 Å². The van der Waals surface area contributed by atoms with Gasteiger partial charge in [-0.25, -0.2) is 17.5 Å². The third kappa shape index (κ3) is 6.13. The van der Waals surface area contributed by atoms with Crippen molar-refractivity contribution in [3.63, 3.8) is 0 Å². The lowest BCUT2D eigenvalue weighted by Crippen LogP contribution is -2.25. The molecule has 4 nitrogen and oxygen atoms in total. The molecule has 0 unspecified atom stereocenters. The van der Waals surface area contributed by atoms with E-state index < -0.39 is 15.8 Å². The summed E-state index contributed by atoms with van der Waals surface area (Å²) in [6.45, 7) is 3.58. The number of nitrogens with one attached hydrogen (secondary N) is 1. The monoisotopic (exact) mass is 289 g/mol. The second-order valence-electron chi connectivity index (χ2n) is 4.17. The van der Waals surface area contributed by atoms with Gasteiger partial charge in [-0.3, -0.25) is 0 Å². The predicted octanol–water partition coefficient (Wildman–Crippen LogP) is 2.31. The normalized spacial score (nSPS) is 11.7. The summed E-state index contributed by atoms with van der Waals surface area (Å²) >= 11 is 0. The Balaban J connectivity index is 2.32. The molecule has 0 aromatic heterocycles. The van der Waals surface area contributed by atoms with Crippen LogP contribution in [0.1, 0.15) is 26.2 Å². The molecule has 1 N–H and O–H groups in total. The molecule has 0 aliphatic rings. The molecule has 108 valence electrons. The summed E-state index contributed by atoms with van der Waals surface area (Å²) in [6, 6.07) is 4.95. The highest BCUT2D eigenvalue weighted by Crippen LogP contribution is 2.09. The van der Waals surface area contributed by atoms with Crippen LogP contribution in [0.3, 0.4) is 0 Å². The zero-order valence-electron chi connectivity index (χ0n) is 11.1. The summed E-state index contributed by atoms with van der Waals surface area (Å²) in [5, 5.41) is 0. The Labute approximate surface area is 114 Å². The van der Waals surface area contributed by atoms with E-state index in [0.29, 0.717) is 19.6 Å².